The quantitative estimate of drug-likeness (QED) is 0.507. The first-order valence-electron chi connectivity index (χ1n) is 3.88. The summed E-state index contributed by atoms with van der Waals surface area (Å²) in [4.78, 5) is 10.6. The highest BCUT2D eigenvalue weighted by molar-refractivity contribution is 5.73. The summed E-state index contributed by atoms with van der Waals surface area (Å²) in [5, 5.41) is 5.15. The van der Waals surface area contributed by atoms with Gasteiger partial charge in [-0.05, 0) is 19.8 Å². The first kappa shape index (κ1) is 10.2. The van der Waals surface area contributed by atoms with Crippen molar-refractivity contribution in [2.75, 3.05) is 13.6 Å². The lowest BCUT2D eigenvalue weighted by Crippen LogP contribution is -2.33. The van der Waals surface area contributed by atoms with E-state index in [1.54, 1.807) is 7.05 Å². The van der Waals surface area contributed by atoms with Gasteiger partial charge in [0.15, 0.2) is 0 Å². The monoisotopic (exact) mass is 159 g/mol. The standard InChI is InChI=1S/C7H17N3O/c1-6(8)4-3-5-10-7(11)9-2/h6H,3-5,8H2,1-2H3,(H2,9,10,11). The van der Waals surface area contributed by atoms with Crippen molar-refractivity contribution in [3.8, 4) is 0 Å². The zero-order valence-corrected chi connectivity index (χ0v) is 7.18. The number of nitrogens with two attached hydrogens (primary N) is 1. The molecule has 0 fully saturated rings. The van der Waals surface area contributed by atoms with Gasteiger partial charge in [0, 0.05) is 19.6 Å². The van der Waals surface area contributed by atoms with E-state index in [0.29, 0.717) is 6.54 Å². The van der Waals surface area contributed by atoms with Gasteiger partial charge >= 0.3 is 6.03 Å². The van der Waals surface area contributed by atoms with Crippen molar-refractivity contribution in [3.63, 3.8) is 0 Å². The SMILES string of the molecule is CNC(=O)NCCCC(C)N. The summed E-state index contributed by atoms with van der Waals surface area (Å²) in [5.74, 6) is 0. The van der Waals surface area contributed by atoms with Crippen molar-refractivity contribution >= 4 is 6.03 Å². The Kier molecular flexibility index (Phi) is 5.56. The fraction of sp³-hybridized carbons (Fsp3) is 0.857. The third-order valence-electron chi connectivity index (χ3n) is 1.35. The first-order chi connectivity index (χ1) is 5.16. The van der Waals surface area contributed by atoms with Crippen LogP contribution >= 0.6 is 0 Å². The molecule has 0 aliphatic heterocycles. The Labute approximate surface area is 67.5 Å². The molecule has 0 aliphatic carbocycles. The van der Waals surface area contributed by atoms with Crippen LogP contribution in [0.2, 0.25) is 0 Å². The molecule has 0 bridgehead atoms. The lowest BCUT2D eigenvalue weighted by atomic mass is 10.2. The molecule has 0 heterocycles. The van der Waals surface area contributed by atoms with E-state index in [4.69, 9.17) is 5.73 Å². The second-order valence-corrected chi connectivity index (χ2v) is 2.63. The number of hydrogen-bond donors (Lipinski definition) is 3. The van der Waals surface area contributed by atoms with Gasteiger partial charge in [0.25, 0.3) is 0 Å². The summed E-state index contributed by atoms with van der Waals surface area (Å²) >= 11 is 0. The number of amides is 2. The van der Waals surface area contributed by atoms with Gasteiger partial charge in [0.2, 0.25) is 0 Å². The fourth-order valence-corrected chi connectivity index (χ4v) is 0.714. The van der Waals surface area contributed by atoms with Crippen LogP contribution < -0.4 is 16.4 Å². The van der Waals surface area contributed by atoms with E-state index in [1.165, 1.54) is 0 Å². The van der Waals surface area contributed by atoms with E-state index >= 15 is 0 Å². The van der Waals surface area contributed by atoms with Crippen LogP contribution in [0.4, 0.5) is 4.79 Å². The van der Waals surface area contributed by atoms with Crippen LogP contribution in [-0.2, 0) is 0 Å². The van der Waals surface area contributed by atoms with Gasteiger partial charge in [-0.2, -0.15) is 0 Å². The number of hydrogen-bond acceptors (Lipinski definition) is 2. The van der Waals surface area contributed by atoms with Gasteiger partial charge in [-0.1, -0.05) is 0 Å². The highest BCUT2D eigenvalue weighted by Gasteiger charge is 1.96. The number of urea groups is 1. The Morgan fingerprint density at radius 2 is 2.27 bits per heavy atom. The van der Waals surface area contributed by atoms with Crippen LogP contribution in [0.5, 0.6) is 0 Å². The van der Waals surface area contributed by atoms with Crippen LogP contribution in [0.1, 0.15) is 19.8 Å². The van der Waals surface area contributed by atoms with Gasteiger partial charge in [-0.3, -0.25) is 0 Å². The molecule has 0 saturated heterocycles. The van der Waals surface area contributed by atoms with Gasteiger partial charge in [0.05, 0.1) is 0 Å². The van der Waals surface area contributed by atoms with Crippen molar-refractivity contribution in [2.24, 2.45) is 5.73 Å². The van der Waals surface area contributed by atoms with E-state index in [2.05, 4.69) is 10.6 Å². The molecule has 0 spiro atoms. The predicted octanol–water partition coefficient (Wildman–Crippen LogP) is 0.0428. The molecule has 11 heavy (non-hydrogen) atoms. The summed E-state index contributed by atoms with van der Waals surface area (Å²) in [7, 11) is 1.60. The van der Waals surface area contributed by atoms with Crippen molar-refractivity contribution in [3.05, 3.63) is 0 Å². The maximum absolute atomic E-state index is 10.6. The molecule has 4 N–H and O–H groups in total. The summed E-state index contributed by atoms with van der Waals surface area (Å²) in [6.07, 6.45) is 1.88. The molecule has 0 aliphatic rings. The van der Waals surface area contributed by atoms with Crippen LogP contribution in [0.25, 0.3) is 0 Å². The topological polar surface area (TPSA) is 67.2 Å². The van der Waals surface area contributed by atoms with E-state index in [-0.39, 0.29) is 12.1 Å². The molecule has 0 radical (unpaired) electrons. The zero-order chi connectivity index (χ0) is 8.69. The fourth-order valence-electron chi connectivity index (χ4n) is 0.714. The largest absolute Gasteiger partial charge is 0.341 e. The average Bonchev–Trinajstić information content (AvgIpc) is 1.97. The molecule has 4 nitrogen and oxygen atoms in total. The van der Waals surface area contributed by atoms with E-state index in [1.807, 2.05) is 6.92 Å². The minimum absolute atomic E-state index is 0.130. The van der Waals surface area contributed by atoms with E-state index < -0.39 is 0 Å². The summed E-state index contributed by atoms with van der Waals surface area (Å²) in [6, 6.07) is 0.0937. The molecule has 0 aromatic carbocycles. The van der Waals surface area contributed by atoms with Crippen LogP contribution in [-0.4, -0.2) is 25.7 Å². The molecule has 0 aromatic heterocycles. The normalized spacial score (nSPS) is 12.3. The van der Waals surface area contributed by atoms with E-state index in [9.17, 15) is 4.79 Å². The Hall–Kier alpha value is -0.770. The van der Waals surface area contributed by atoms with Crippen LogP contribution in [0.15, 0.2) is 0 Å². The summed E-state index contributed by atoms with van der Waals surface area (Å²) in [6.45, 7) is 2.65. The third kappa shape index (κ3) is 7.12. The number of carbonyl (C=O) groups excluding carboxylic acids is 1. The smallest absolute Gasteiger partial charge is 0.314 e. The van der Waals surface area contributed by atoms with Gasteiger partial charge in [-0.25, -0.2) is 4.79 Å². The Morgan fingerprint density at radius 3 is 2.73 bits per heavy atom. The Morgan fingerprint density at radius 1 is 1.64 bits per heavy atom. The number of carbonyl (C=O) groups is 1. The maximum atomic E-state index is 10.6. The first-order valence-corrected chi connectivity index (χ1v) is 3.88. The van der Waals surface area contributed by atoms with Crippen molar-refractivity contribution in [2.45, 2.75) is 25.8 Å². The molecule has 0 rings (SSSR count). The second kappa shape index (κ2) is 5.97. The lowest BCUT2D eigenvalue weighted by molar-refractivity contribution is 0.242. The van der Waals surface area contributed by atoms with Crippen molar-refractivity contribution < 1.29 is 4.79 Å². The average molecular weight is 159 g/mol. The molecule has 0 saturated carbocycles. The predicted molar refractivity (Wildman–Crippen MR) is 45.3 cm³/mol. The Balaban J connectivity index is 3.08. The van der Waals surface area contributed by atoms with Crippen molar-refractivity contribution in [1.29, 1.82) is 0 Å². The number of nitrogens with one attached hydrogen (secondary N) is 2. The molecule has 1 unspecified atom stereocenters. The van der Waals surface area contributed by atoms with Gasteiger partial charge < -0.3 is 16.4 Å². The van der Waals surface area contributed by atoms with E-state index in [0.717, 1.165) is 12.8 Å². The summed E-state index contributed by atoms with van der Waals surface area (Å²) in [5.41, 5.74) is 5.51. The molecule has 0 aromatic rings. The van der Waals surface area contributed by atoms with Gasteiger partial charge in [-0.15, -0.1) is 0 Å². The Bertz CT molecular complexity index is 114. The molecule has 4 heteroatoms. The molecule has 1 atom stereocenters. The van der Waals surface area contributed by atoms with Crippen LogP contribution in [0, 0.1) is 0 Å². The second-order valence-electron chi connectivity index (χ2n) is 2.63. The highest BCUT2D eigenvalue weighted by Crippen LogP contribution is 1.90. The highest BCUT2D eigenvalue weighted by atomic mass is 16.2. The molecular formula is C7H17N3O. The molecule has 2 amide bonds. The summed E-state index contributed by atoms with van der Waals surface area (Å²) < 4.78 is 0. The minimum atomic E-state index is -0.130. The molecular weight excluding hydrogens is 142 g/mol. The minimum Gasteiger partial charge on any atom is -0.341 e. The molecule has 66 valence electrons. The number of rotatable bonds is 4. The maximum Gasteiger partial charge on any atom is 0.314 e. The zero-order valence-electron chi connectivity index (χ0n) is 7.18. The third-order valence-corrected chi connectivity index (χ3v) is 1.35. The van der Waals surface area contributed by atoms with Crippen molar-refractivity contribution in [1.82, 2.24) is 10.6 Å². The lowest BCUT2D eigenvalue weighted by Gasteiger charge is -2.05. The van der Waals surface area contributed by atoms with Gasteiger partial charge in [0.1, 0.15) is 0 Å². The van der Waals surface area contributed by atoms with Crippen LogP contribution in [0.3, 0.4) is 0 Å².